The largest absolute Gasteiger partial charge is 0.483 e. The molecule has 0 heterocycles. The Labute approximate surface area is 221 Å². The monoisotopic (exact) mass is 570 g/mol. The van der Waals surface area contributed by atoms with E-state index in [4.69, 9.17) is 27.9 Å². The van der Waals surface area contributed by atoms with Gasteiger partial charge in [0.05, 0.1) is 4.47 Å². The van der Waals surface area contributed by atoms with Crippen LogP contribution in [-0.2, 0) is 16.1 Å². The molecule has 0 fully saturated rings. The molecule has 0 saturated heterocycles. The summed E-state index contributed by atoms with van der Waals surface area (Å²) in [5, 5.41) is 3.90. The van der Waals surface area contributed by atoms with Crippen LogP contribution >= 0.6 is 39.1 Å². The number of carbonyl (C=O) groups excluding carboxylic acids is 2. The molecule has 0 aliphatic carbocycles. The molecule has 186 valence electrons. The smallest absolute Gasteiger partial charge is 0.261 e. The number of hydrogen-bond donors (Lipinski definition) is 1. The van der Waals surface area contributed by atoms with Gasteiger partial charge >= 0.3 is 0 Å². The molecule has 0 saturated carbocycles. The van der Waals surface area contributed by atoms with E-state index in [0.29, 0.717) is 40.2 Å². The Balaban J connectivity index is 2.24. The number of nitrogens with zero attached hydrogens (tertiary/aromatic N) is 1. The highest BCUT2D eigenvalue weighted by Crippen LogP contribution is 2.29. The number of benzene rings is 2. The van der Waals surface area contributed by atoms with Crippen LogP contribution in [0.3, 0.4) is 0 Å². The van der Waals surface area contributed by atoms with Crippen molar-refractivity contribution in [2.75, 3.05) is 13.2 Å². The maximum absolute atomic E-state index is 13.4. The first-order chi connectivity index (χ1) is 16.2. The van der Waals surface area contributed by atoms with E-state index < -0.39 is 6.04 Å². The quantitative estimate of drug-likeness (QED) is 0.279. The molecule has 1 atom stereocenters. The lowest BCUT2D eigenvalue weighted by molar-refractivity contribution is -0.143. The maximum Gasteiger partial charge on any atom is 0.261 e. The molecule has 0 aliphatic heterocycles. The lowest BCUT2D eigenvalue weighted by Crippen LogP contribution is -2.50. The van der Waals surface area contributed by atoms with Crippen molar-refractivity contribution in [2.24, 2.45) is 0 Å². The molecule has 2 amide bonds. The third-order valence-electron chi connectivity index (χ3n) is 5.55. The fourth-order valence-corrected chi connectivity index (χ4v) is 4.45. The molecular weight excluding hydrogens is 539 g/mol. The van der Waals surface area contributed by atoms with E-state index >= 15 is 0 Å². The van der Waals surface area contributed by atoms with Gasteiger partial charge in [-0.15, -0.1) is 0 Å². The molecule has 8 heteroatoms. The van der Waals surface area contributed by atoms with Crippen molar-refractivity contribution in [2.45, 2.75) is 65.5 Å². The number of carbonyl (C=O) groups is 2. The van der Waals surface area contributed by atoms with Crippen LogP contribution in [0.1, 0.15) is 64.0 Å². The van der Waals surface area contributed by atoms with Crippen molar-refractivity contribution < 1.29 is 14.3 Å². The lowest BCUT2D eigenvalue weighted by Gasteiger charge is -2.31. The molecule has 34 heavy (non-hydrogen) atoms. The first-order valence-corrected chi connectivity index (χ1v) is 13.2. The molecule has 1 N–H and O–H groups in total. The fraction of sp³-hybridized carbons (Fsp3) is 0.462. The van der Waals surface area contributed by atoms with Crippen molar-refractivity contribution in [1.29, 1.82) is 0 Å². The minimum Gasteiger partial charge on any atom is -0.483 e. The van der Waals surface area contributed by atoms with Crippen LogP contribution in [0.15, 0.2) is 40.9 Å². The van der Waals surface area contributed by atoms with Gasteiger partial charge in [0, 0.05) is 23.1 Å². The predicted molar refractivity (Wildman–Crippen MR) is 143 cm³/mol. The Morgan fingerprint density at radius 1 is 1.12 bits per heavy atom. The molecule has 0 aliphatic rings. The van der Waals surface area contributed by atoms with E-state index in [1.807, 2.05) is 25.1 Å². The van der Waals surface area contributed by atoms with Gasteiger partial charge in [-0.25, -0.2) is 0 Å². The number of rotatable bonds is 12. The van der Waals surface area contributed by atoms with Crippen molar-refractivity contribution in [3.8, 4) is 5.75 Å². The third kappa shape index (κ3) is 8.17. The van der Waals surface area contributed by atoms with Crippen LogP contribution in [0, 0.1) is 0 Å². The van der Waals surface area contributed by atoms with Gasteiger partial charge in [0.2, 0.25) is 5.91 Å². The second kappa shape index (κ2) is 14.0. The average molecular weight is 572 g/mol. The molecule has 0 aromatic heterocycles. The van der Waals surface area contributed by atoms with Gasteiger partial charge < -0.3 is 15.0 Å². The van der Waals surface area contributed by atoms with E-state index in [0.717, 1.165) is 17.3 Å². The summed E-state index contributed by atoms with van der Waals surface area (Å²) < 4.78 is 6.63. The van der Waals surface area contributed by atoms with E-state index in [2.05, 4.69) is 42.0 Å². The second-order valence-corrected chi connectivity index (χ2v) is 10.2. The van der Waals surface area contributed by atoms with Crippen molar-refractivity contribution in [3.05, 3.63) is 62.0 Å². The number of unbranched alkanes of at least 4 members (excludes halogenated alkanes) is 1. The minimum atomic E-state index is -0.647. The molecule has 1 unspecified atom stereocenters. The highest BCUT2D eigenvalue weighted by molar-refractivity contribution is 9.10. The van der Waals surface area contributed by atoms with Gasteiger partial charge in [-0.3, -0.25) is 9.59 Å². The van der Waals surface area contributed by atoms with Crippen molar-refractivity contribution in [3.63, 3.8) is 0 Å². The zero-order valence-corrected chi connectivity index (χ0v) is 23.3. The predicted octanol–water partition coefficient (Wildman–Crippen LogP) is 6.98. The minimum absolute atomic E-state index is 0.172. The van der Waals surface area contributed by atoms with Crippen LogP contribution in [0.5, 0.6) is 5.75 Å². The Kier molecular flexibility index (Phi) is 11.7. The van der Waals surface area contributed by atoms with E-state index in [9.17, 15) is 9.59 Å². The maximum atomic E-state index is 13.4. The number of ether oxygens (including phenoxy) is 1. The van der Waals surface area contributed by atoms with Gasteiger partial charge in [0.15, 0.2) is 6.61 Å². The Hall–Kier alpha value is -1.76. The van der Waals surface area contributed by atoms with Gasteiger partial charge in [0.25, 0.3) is 5.91 Å². The van der Waals surface area contributed by atoms with Crippen molar-refractivity contribution >= 4 is 50.9 Å². The fourth-order valence-electron chi connectivity index (χ4n) is 3.47. The Bertz CT molecular complexity index is 985. The van der Waals surface area contributed by atoms with Crippen LogP contribution in [-0.4, -0.2) is 35.9 Å². The first-order valence-electron chi connectivity index (χ1n) is 11.6. The number of hydrogen-bond acceptors (Lipinski definition) is 3. The van der Waals surface area contributed by atoms with E-state index in [1.165, 1.54) is 10.5 Å². The molecular formula is C26H33BrCl2N2O3. The normalized spacial score (nSPS) is 11.9. The van der Waals surface area contributed by atoms with Crippen LogP contribution in [0.4, 0.5) is 0 Å². The van der Waals surface area contributed by atoms with Gasteiger partial charge in [-0.2, -0.15) is 0 Å². The Morgan fingerprint density at radius 3 is 2.44 bits per heavy atom. The van der Waals surface area contributed by atoms with Crippen LogP contribution in [0.25, 0.3) is 0 Å². The van der Waals surface area contributed by atoms with E-state index in [-0.39, 0.29) is 25.0 Å². The summed E-state index contributed by atoms with van der Waals surface area (Å²) in [6, 6.07) is 10.3. The molecule has 0 spiro atoms. The molecule has 2 rings (SSSR count). The molecule has 0 radical (unpaired) electrons. The topological polar surface area (TPSA) is 58.6 Å². The lowest BCUT2D eigenvalue weighted by atomic mass is 10.0. The summed E-state index contributed by atoms with van der Waals surface area (Å²) in [6.45, 7) is 8.71. The van der Waals surface area contributed by atoms with Crippen LogP contribution in [0.2, 0.25) is 10.0 Å². The summed E-state index contributed by atoms with van der Waals surface area (Å²) in [6.07, 6.45) is 2.31. The molecule has 2 aromatic carbocycles. The second-order valence-electron chi connectivity index (χ2n) is 8.46. The van der Waals surface area contributed by atoms with E-state index in [1.54, 1.807) is 18.2 Å². The average Bonchev–Trinajstić information content (AvgIpc) is 2.79. The molecule has 5 nitrogen and oxygen atoms in total. The van der Waals surface area contributed by atoms with Gasteiger partial charge in [0.1, 0.15) is 11.8 Å². The molecule has 0 bridgehead atoms. The highest BCUT2D eigenvalue weighted by atomic mass is 79.9. The van der Waals surface area contributed by atoms with Gasteiger partial charge in [-0.1, -0.05) is 69.5 Å². The summed E-state index contributed by atoms with van der Waals surface area (Å²) in [5.74, 6) is 0.464. The Morgan fingerprint density at radius 2 is 1.85 bits per heavy atom. The summed E-state index contributed by atoms with van der Waals surface area (Å²) in [5.41, 5.74) is 1.88. The zero-order valence-electron chi connectivity index (χ0n) is 20.2. The highest BCUT2D eigenvalue weighted by Gasteiger charge is 2.29. The van der Waals surface area contributed by atoms with Gasteiger partial charge in [-0.05, 0) is 70.1 Å². The number of halogens is 3. The standard InChI is InChI=1S/C26H33BrCl2N2O3/c1-5-7-12-30-26(33)23(6-2)31(15-19-8-10-20(28)14-22(19)29)25(32)16-34-24-11-9-18(17(3)4)13-21(24)27/h8-11,13-14,17,23H,5-7,12,15-16H2,1-4H3,(H,30,33). The zero-order chi connectivity index (χ0) is 25.3. The summed E-state index contributed by atoms with van der Waals surface area (Å²) in [4.78, 5) is 27.8. The van der Waals surface area contributed by atoms with Crippen LogP contribution < -0.4 is 10.1 Å². The SMILES string of the molecule is CCCCNC(=O)C(CC)N(Cc1ccc(Cl)cc1Cl)C(=O)COc1ccc(C(C)C)cc1Br. The number of amides is 2. The summed E-state index contributed by atoms with van der Waals surface area (Å²) in [7, 11) is 0. The van der Waals surface area contributed by atoms with Crippen molar-refractivity contribution in [1.82, 2.24) is 10.2 Å². The summed E-state index contributed by atoms with van der Waals surface area (Å²) >= 11 is 15.9. The first kappa shape index (κ1) is 28.5. The number of nitrogens with one attached hydrogen (secondary N) is 1. The molecule has 2 aromatic rings. The third-order valence-corrected chi connectivity index (χ3v) is 6.75.